The van der Waals surface area contributed by atoms with E-state index < -0.39 is 58.5 Å². The van der Waals surface area contributed by atoms with E-state index in [1.807, 2.05) is 0 Å². The van der Waals surface area contributed by atoms with Crippen LogP contribution in [0.3, 0.4) is 0 Å². The Bertz CT molecular complexity index is 495. The van der Waals surface area contributed by atoms with Gasteiger partial charge in [-0.15, -0.1) is 0 Å². The Morgan fingerprint density at radius 3 is 1.95 bits per heavy atom. The number of rotatable bonds is 8. The third-order valence-corrected chi connectivity index (χ3v) is 3.19. The summed E-state index contributed by atoms with van der Waals surface area (Å²) in [5.74, 6) is -7.21. The van der Waals surface area contributed by atoms with E-state index in [2.05, 4.69) is 4.18 Å². The first kappa shape index (κ1) is 20.7. The van der Waals surface area contributed by atoms with Crippen LogP contribution in [0.5, 0.6) is 0 Å². The smallest absolute Gasteiger partial charge is 0.550 e. The number of carbonyl (C=O) groups is 4. The Labute approximate surface area is 123 Å². The van der Waals surface area contributed by atoms with Gasteiger partial charge in [-0.25, -0.2) is 0 Å². The zero-order chi connectivity index (χ0) is 15.2. The predicted octanol–water partition coefficient (Wildman–Crippen LogP) is -4.02. The molecule has 0 aromatic rings. The molecule has 1 N–H and O–H groups in total. The van der Waals surface area contributed by atoms with Crippen molar-refractivity contribution in [3.05, 3.63) is 0 Å². The second-order valence-electron chi connectivity index (χ2n) is 3.23. The van der Waals surface area contributed by atoms with Gasteiger partial charge in [0.15, 0.2) is 0 Å². The van der Waals surface area contributed by atoms with Crippen LogP contribution >= 0.6 is 0 Å². The minimum absolute atomic E-state index is 0. The van der Waals surface area contributed by atoms with Crippen molar-refractivity contribution in [2.45, 2.75) is 24.5 Å². The molecule has 0 bridgehead atoms. The van der Waals surface area contributed by atoms with Crippen LogP contribution < -0.4 is 10.2 Å². The summed E-state index contributed by atoms with van der Waals surface area (Å²) in [4.78, 5) is 41.7. The average Bonchev–Trinajstić information content (AvgIpc) is 2.21. The van der Waals surface area contributed by atoms with Crippen molar-refractivity contribution in [2.75, 3.05) is 0 Å². The predicted molar refractivity (Wildman–Crippen MR) is 50.3 cm³/mol. The summed E-state index contributed by atoms with van der Waals surface area (Å²) < 4.78 is 26.3. The van der Waals surface area contributed by atoms with Crippen LogP contribution in [0.2, 0.25) is 0 Å². The Morgan fingerprint density at radius 1 is 1.10 bits per heavy atom. The number of aliphatic carboxylic acids is 3. The van der Waals surface area contributed by atoms with E-state index >= 15 is 0 Å². The van der Waals surface area contributed by atoms with E-state index in [-0.39, 0.29) is 17.1 Å². The number of carbonyl (C=O) groups excluding carboxylic acids is 3. The first-order valence-corrected chi connectivity index (χ1v) is 6.12. The molecule has 0 saturated heterocycles. The van der Waals surface area contributed by atoms with E-state index in [0.717, 1.165) is 0 Å². The first-order chi connectivity index (χ1) is 8.56. The van der Waals surface area contributed by atoms with Gasteiger partial charge in [-0.3, -0.25) is 9.59 Å². The molecule has 0 heterocycles. The summed E-state index contributed by atoms with van der Waals surface area (Å²) in [5, 5.41) is 26.2. The van der Waals surface area contributed by atoms with Crippen LogP contribution in [0.1, 0.15) is 19.3 Å². The normalized spacial score (nSPS) is 11.8. The maximum Gasteiger partial charge on any atom is 2.00 e. The number of hydrogen-bond acceptors (Lipinski definition) is 9. The molecule has 0 aliphatic rings. The van der Waals surface area contributed by atoms with Gasteiger partial charge in [0, 0.05) is 12.4 Å². The summed E-state index contributed by atoms with van der Waals surface area (Å²) in [6.45, 7) is 0. The van der Waals surface area contributed by atoms with Gasteiger partial charge in [0.2, 0.25) is 0 Å². The molecule has 0 aliphatic heterocycles. The van der Waals surface area contributed by atoms with Gasteiger partial charge < -0.3 is 29.1 Å². The fraction of sp³-hybridized carbons (Fsp3) is 0.500. The van der Waals surface area contributed by atoms with E-state index in [4.69, 9.17) is 5.11 Å². The molecule has 10 nitrogen and oxygen atoms in total. The second kappa shape index (κ2) is 8.51. The maximum absolute atomic E-state index is 11.3. The Kier molecular flexibility index (Phi) is 8.79. The molecule has 0 amide bonds. The third-order valence-electron chi connectivity index (χ3n) is 1.72. The fourth-order valence-corrected chi connectivity index (χ4v) is 1.93. The van der Waals surface area contributed by atoms with Crippen LogP contribution in [0.4, 0.5) is 0 Å². The van der Waals surface area contributed by atoms with Crippen molar-refractivity contribution >= 4 is 34.0 Å². The van der Waals surface area contributed by atoms with Crippen molar-refractivity contribution in [3.8, 4) is 0 Å². The van der Waals surface area contributed by atoms with Crippen molar-refractivity contribution in [3.63, 3.8) is 0 Å². The standard InChI is InChI=1S/C8H10O10S.Mn/c9-5(10)1-2-7(13)18-19(16,17)4(8(14)15)3-6(11)12;/h4H,1-3H2,(H,9,10)(H,11,12)(H,14,15);/q;+2/p-2. The van der Waals surface area contributed by atoms with Crippen molar-refractivity contribution in [2.24, 2.45) is 0 Å². The average molecular weight is 351 g/mol. The van der Waals surface area contributed by atoms with Gasteiger partial charge in [-0.1, -0.05) is 0 Å². The van der Waals surface area contributed by atoms with E-state index in [1.165, 1.54) is 0 Å². The minimum atomic E-state index is -5.09. The molecule has 1 radical (unpaired) electrons. The molecular weight excluding hydrogens is 343 g/mol. The summed E-state index contributed by atoms with van der Waals surface area (Å²) in [6.07, 6.45) is -3.01. The first-order valence-electron chi connectivity index (χ1n) is 4.65. The Hall–Kier alpha value is -1.65. The van der Waals surface area contributed by atoms with Gasteiger partial charge >= 0.3 is 39.1 Å². The topological polar surface area (TPSA) is 178 Å². The van der Waals surface area contributed by atoms with Gasteiger partial charge in [0.05, 0.1) is 18.8 Å². The molecule has 0 fully saturated rings. The minimum Gasteiger partial charge on any atom is -0.550 e. The van der Waals surface area contributed by atoms with Crippen LogP contribution in [0, 0.1) is 0 Å². The van der Waals surface area contributed by atoms with Crippen LogP contribution in [0.25, 0.3) is 0 Å². The molecule has 0 aromatic heterocycles. The van der Waals surface area contributed by atoms with Gasteiger partial charge in [0.25, 0.3) is 0 Å². The van der Waals surface area contributed by atoms with Crippen LogP contribution in [-0.2, 0) is 50.5 Å². The SMILES string of the molecule is O=C([O-])CC(C(=O)[O-])S(=O)(=O)OC(=O)CCC(=O)O.[Mn+2]. The van der Waals surface area contributed by atoms with Crippen molar-refractivity contribution < 1.29 is 64.2 Å². The molecule has 20 heavy (non-hydrogen) atoms. The molecule has 113 valence electrons. The molecule has 0 rings (SSSR count). The monoisotopic (exact) mass is 351 g/mol. The molecule has 0 aliphatic carbocycles. The summed E-state index contributed by atoms with van der Waals surface area (Å²) in [7, 11) is -5.09. The van der Waals surface area contributed by atoms with Gasteiger partial charge in [0.1, 0.15) is 5.25 Å². The number of carboxylic acid groups (broad SMARTS) is 3. The van der Waals surface area contributed by atoms with Gasteiger partial charge in [-0.05, 0) is 0 Å². The summed E-state index contributed by atoms with van der Waals surface area (Å²) >= 11 is 0. The van der Waals surface area contributed by atoms with Gasteiger partial charge in [-0.2, -0.15) is 8.42 Å². The van der Waals surface area contributed by atoms with Crippen LogP contribution in [0.15, 0.2) is 0 Å². The Morgan fingerprint density at radius 2 is 1.60 bits per heavy atom. The largest absolute Gasteiger partial charge is 2.00 e. The van der Waals surface area contributed by atoms with E-state index in [1.54, 1.807) is 0 Å². The maximum atomic E-state index is 11.3. The number of hydrogen-bond donors (Lipinski definition) is 1. The zero-order valence-corrected chi connectivity index (χ0v) is 11.6. The van der Waals surface area contributed by atoms with Crippen LogP contribution in [-0.4, -0.2) is 42.7 Å². The molecular formula is C8H8MnO10S. The zero-order valence-electron chi connectivity index (χ0n) is 9.61. The van der Waals surface area contributed by atoms with E-state index in [9.17, 15) is 37.8 Å². The quantitative estimate of drug-likeness (QED) is 0.334. The molecule has 1 unspecified atom stereocenters. The molecule has 0 aromatic carbocycles. The molecule has 12 heteroatoms. The van der Waals surface area contributed by atoms with Crippen molar-refractivity contribution in [1.29, 1.82) is 0 Å². The molecule has 1 atom stereocenters. The molecule has 0 saturated carbocycles. The number of carboxylic acids is 3. The summed E-state index contributed by atoms with van der Waals surface area (Å²) in [5.41, 5.74) is 0. The van der Waals surface area contributed by atoms with Crippen molar-refractivity contribution in [1.82, 2.24) is 0 Å². The van der Waals surface area contributed by atoms with E-state index in [0.29, 0.717) is 0 Å². The third kappa shape index (κ3) is 7.71. The molecule has 0 spiro atoms. The Balaban J connectivity index is 0. The second-order valence-corrected chi connectivity index (χ2v) is 4.95. The fourth-order valence-electron chi connectivity index (χ4n) is 0.893. The summed E-state index contributed by atoms with van der Waals surface area (Å²) in [6, 6.07) is 0.